The Kier molecular flexibility index (Phi) is 6.97. The van der Waals surface area contributed by atoms with Crippen LogP contribution in [0.2, 0.25) is 0 Å². The number of methoxy groups -OCH3 is 1. The van der Waals surface area contributed by atoms with Gasteiger partial charge in [-0.1, -0.05) is 31.5 Å². The monoisotopic (exact) mass is 394 g/mol. The van der Waals surface area contributed by atoms with Crippen LogP contribution in [0.15, 0.2) is 53.1 Å². The molecule has 2 heterocycles. The Morgan fingerprint density at radius 3 is 2.66 bits per heavy atom. The van der Waals surface area contributed by atoms with Gasteiger partial charge in [0.25, 0.3) is 5.91 Å². The van der Waals surface area contributed by atoms with E-state index in [9.17, 15) is 4.79 Å². The number of nitrogens with zero attached hydrogens (tertiary/aromatic N) is 3. The quantitative estimate of drug-likeness (QED) is 0.590. The summed E-state index contributed by atoms with van der Waals surface area (Å²) in [4.78, 5) is 23.7. The van der Waals surface area contributed by atoms with Gasteiger partial charge in [-0.05, 0) is 30.7 Å². The number of anilines is 2. The number of likely N-dealkylation sites (N-methyl/N-ethyl adjacent to an activating group) is 1. The van der Waals surface area contributed by atoms with E-state index in [1.165, 1.54) is 0 Å². The second-order valence-electron chi connectivity index (χ2n) is 6.68. The van der Waals surface area contributed by atoms with Crippen molar-refractivity contribution >= 4 is 17.4 Å². The van der Waals surface area contributed by atoms with Gasteiger partial charge < -0.3 is 19.4 Å². The van der Waals surface area contributed by atoms with Crippen LogP contribution in [0.3, 0.4) is 0 Å². The van der Waals surface area contributed by atoms with Crippen LogP contribution in [0, 0.1) is 0 Å². The summed E-state index contributed by atoms with van der Waals surface area (Å²) in [5, 5.41) is 2.85. The van der Waals surface area contributed by atoms with Gasteiger partial charge >= 0.3 is 0 Å². The fourth-order valence-corrected chi connectivity index (χ4v) is 2.86. The maximum absolute atomic E-state index is 12.8. The summed E-state index contributed by atoms with van der Waals surface area (Å²) in [6, 6.07) is 13.2. The number of ether oxygens (including phenoxy) is 1. The van der Waals surface area contributed by atoms with E-state index in [4.69, 9.17) is 9.15 Å². The number of pyridine rings is 1. The van der Waals surface area contributed by atoms with Crippen molar-refractivity contribution in [1.82, 2.24) is 9.97 Å². The SMILES string of the molecule is CCCc1nc(-c2ccccc2)oc1C(=O)Nc1ccc(N(C)CCOC)nc1. The van der Waals surface area contributed by atoms with Crippen molar-refractivity contribution in [3.63, 3.8) is 0 Å². The fraction of sp³-hybridized carbons (Fsp3) is 0.318. The van der Waals surface area contributed by atoms with E-state index in [1.54, 1.807) is 13.3 Å². The van der Waals surface area contributed by atoms with Crippen molar-refractivity contribution < 1.29 is 13.9 Å². The van der Waals surface area contributed by atoms with Gasteiger partial charge in [-0.3, -0.25) is 4.79 Å². The lowest BCUT2D eigenvalue weighted by molar-refractivity contribution is 0.0996. The number of carbonyl (C=O) groups excluding carboxylic acids is 1. The molecule has 0 radical (unpaired) electrons. The van der Waals surface area contributed by atoms with Gasteiger partial charge in [-0.25, -0.2) is 9.97 Å². The first-order valence-electron chi connectivity index (χ1n) is 9.65. The van der Waals surface area contributed by atoms with Crippen LogP contribution < -0.4 is 10.2 Å². The van der Waals surface area contributed by atoms with Crippen molar-refractivity contribution in [3.8, 4) is 11.5 Å². The molecule has 0 spiro atoms. The Morgan fingerprint density at radius 2 is 2.00 bits per heavy atom. The Balaban J connectivity index is 1.75. The minimum absolute atomic E-state index is 0.243. The molecule has 0 fully saturated rings. The predicted molar refractivity (Wildman–Crippen MR) is 113 cm³/mol. The van der Waals surface area contributed by atoms with Gasteiger partial charge in [-0.15, -0.1) is 0 Å². The smallest absolute Gasteiger partial charge is 0.293 e. The standard InChI is InChI=1S/C22H26N4O3/c1-4-8-18-20(29-22(25-18)16-9-6-5-7-10-16)21(27)24-17-11-12-19(23-15-17)26(2)13-14-28-3/h5-7,9-12,15H,4,8,13-14H2,1-3H3,(H,24,27). The van der Waals surface area contributed by atoms with Crippen LogP contribution in [0.4, 0.5) is 11.5 Å². The molecule has 1 aromatic carbocycles. The van der Waals surface area contributed by atoms with E-state index in [1.807, 2.05) is 61.3 Å². The van der Waals surface area contributed by atoms with Crippen LogP contribution in [0.1, 0.15) is 29.6 Å². The molecule has 2 aromatic heterocycles. The third-order valence-electron chi connectivity index (χ3n) is 4.44. The first-order valence-corrected chi connectivity index (χ1v) is 9.65. The van der Waals surface area contributed by atoms with Crippen molar-refractivity contribution in [2.75, 3.05) is 37.5 Å². The Morgan fingerprint density at radius 1 is 1.21 bits per heavy atom. The minimum Gasteiger partial charge on any atom is -0.431 e. The number of hydrogen-bond donors (Lipinski definition) is 1. The van der Waals surface area contributed by atoms with E-state index in [0.29, 0.717) is 30.3 Å². The average molecular weight is 394 g/mol. The second-order valence-corrected chi connectivity index (χ2v) is 6.68. The zero-order valence-corrected chi connectivity index (χ0v) is 17.0. The summed E-state index contributed by atoms with van der Waals surface area (Å²) < 4.78 is 10.9. The lowest BCUT2D eigenvalue weighted by Crippen LogP contribution is -2.23. The zero-order valence-electron chi connectivity index (χ0n) is 17.0. The van der Waals surface area contributed by atoms with E-state index in [0.717, 1.165) is 24.3 Å². The number of hydrogen-bond acceptors (Lipinski definition) is 6. The Hall–Kier alpha value is -3.19. The maximum Gasteiger partial charge on any atom is 0.293 e. The molecule has 152 valence electrons. The lowest BCUT2D eigenvalue weighted by Gasteiger charge is -2.17. The van der Waals surface area contributed by atoms with Crippen molar-refractivity contribution in [2.45, 2.75) is 19.8 Å². The molecule has 7 nitrogen and oxygen atoms in total. The molecule has 29 heavy (non-hydrogen) atoms. The molecule has 0 unspecified atom stereocenters. The summed E-state index contributed by atoms with van der Waals surface area (Å²) in [6.07, 6.45) is 3.16. The molecule has 3 aromatic rings. The fourth-order valence-electron chi connectivity index (χ4n) is 2.86. The van der Waals surface area contributed by atoms with Crippen LogP contribution in [-0.4, -0.2) is 43.2 Å². The van der Waals surface area contributed by atoms with E-state index >= 15 is 0 Å². The number of benzene rings is 1. The van der Waals surface area contributed by atoms with Crippen molar-refractivity contribution in [1.29, 1.82) is 0 Å². The molecule has 0 bridgehead atoms. The highest BCUT2D eigenvalue weighted by atomic mass is 16.5. The van der Waals surface area contributed by atoms with Gasteiger partial charge in [0.05, 0.1) is 24.2 Å². The van der Waals surface area contributed by atoms with Crippen molar-refractivity contribution in [2.24, 2.45) is 0 Å². The highest BCUT2D eigenvalue weighted by molar-refractivity contribution is 6.03. The first kappa shape index (κ1) is 20.5. The molecular formula is C22H26N4O3. The number of nitrogens with one attached hydrogen (secondary N) is 1. The predicted octanol–water partition coefficient (Wildman–Crippen LogP) is 4.02. The molecule has 3 rings (SSSR count). The topological polar surface area (TPSA) is 80.5 Å². The van der Waals surface area contributed by atoms with Gasteiger partial charge in [-0.2, -0.15) is 0 Å². The van der Waals surface area contributed by atoms with E-state index < -0.39 is 0 Å². The van der Waals surface area contributed by atoms with Gasteiger partial charge in [0, 0.05) is 26.3 Å². The number of aromatic nitrogens is 2. The highest BCUT2D eigenvalue weighted by Crippen LogP contribution is 2.24. The number of oxazole rings is 1. The highest BCUT2D eigenvalue weighted by Gasteiger charge is 2.21. The van der Waals surface area contributed by atoms with E-state index in [2.05, 4.69) is 15.3 Å². The second kappa shape index (κ2) is 9.84. The van der Waals surface area contributed by atoms with Gasteiger partial charge in [0.2, 0.25) is 11.7 Å². The number of amides is 1. The third kappa shape index (κ3) is 5.20. The molecule has 0 saturated heterocycles. The minimum atomic E-state index is -0.328. The average Bonchev–Trinajstić information content (AvgIpc) is 3.17. The molecule has 0 atom stereocenters. The van der Waals surface area contributed by atoms with Crippen LogP contribution in [0.5, 0.6) is 0 Å². The number of rotatable bonds is 9. The molecule has 0 aliphatic carbocycles. The van der Waals surface area contributed by atoms with Crippen molar-refractivity contribution in [3.05, 3.63) is 60.1 Å². The van der Waals surface area contributed by atoms with Crippen LogP contribution in [0.25, 0.3) is 11.5 Å². The molecule has 0 aliphatic rings. The third-order valence-corrected chi connectivity index (χ3v) is 4.44. The maximum atomic E-state index is 12.8. The molecule has 7 heteroatoms. The number of carbonyl (C=O) groups is 1. The molecule has 0 aliphatic heterocycles. The Bertz CT molecular complexity index is 923. The molecular weight excluding hydrogens is 368 g/mol. The number of aryl methyl sites for hydroxylation is 1. The summed E-state index contributed by atoms with van der Waals surface area (Å²) in [7, 11) is 3.61. The van der Waals surface area contributed by atoms with Crippen LogP contribution >= 0.6 is 0 Å². The summed E-state index contributed by atoms with van der Waals surface area (Å²) in [5.41, 5.74) is 2.10. The van der Waals surface area contributed by atoms with Crippen LogP contribution in [-0.2, 0) is 11.2 Å². The normalized spacial score (nSPS) is 10.7. The Labute approximate surface area is 170 Å². The summed E-state index contributed by atoms with van der Waals surface area (Å²) in [6.45, 7) is 3.39. The summed E-state index contributed by atoms with van der Waals surface area (Å²) >= 11 is 0. The lowest BCUT2D eigenvalue weighted by atomic mass is 10.2. The van der Waals surface area contributed by atoms with Gasteiger partial charge in [0.15, 0.2) is 0 Å². The molecule has 0 saturated carbocycles. The zero-order chi connectivity index (χ0) is 20.6. The first-order chi connectivity index (χ1) is 14.1. The molecule has 1 amide bonds. The van der Waals surface area contributed by atoms with E-state index in [-0.39, 0.29) is 11.7 Å². The summed E-state index contributed by atoms with van der Waals surface area (Å²) in [5.74, 6) is 1.17. The molecule has 1 N–H and O–H groups in total. The largest absolute Gasteiger partial charge is 0.431 e. The van der Waals surface area contributed by atoms with Gasteiger partial charge in [0.1, 0.15) is 5.82 Å².